The summed E-state index contributed by atoms with van der Waals surface area (Å²) < 4.78 is 51.2. The number of alkyl halides is 3. The average Bonchev–Trinajstić information content (AvgIpc) is 2.98. The number of aliphatic hydroxyl groups is 1. The Hall–Kier alpha value is -1.47. The molecule has 1 fully saturated rings. The zero-order chi connectivity index (χ0) is 16.7. The van der Waals surface area contributed by atoms with Crippen molar-refractivity contribution in [3.8, 4) is 11.5 Å². The molecule has 1 atom stereocenters. The van der Waals surface area contributed by atoms with Gasteiger partial charge in [-0.1, -0.05) is 0 Å². The zero-order valence-electron chi connectivity index (χ0n) is 12.7. The van der Waals surface area contributed by atoms with Crippen molar-refractivity contribution in [2.24, 2.45) is 0 Å². The maximum atomic E-state index is 11.9. The van der Waals surface area contributed by atoms with E-state index in [9.17, 15) is 18.3 Å². The summed E-state index contributed by atoms with van der Waals surface area (Å²) in [5.74, 6) is 1.27. The Bertz CT molecular complexity index is 455. The van der Waals surface area contributed by atoms with Gasteiger partial charge in [-0.2, -0.15) is 13.2 Å². The number of rotatable bonds is 8. The van der Waals surface area contributed by atoms with Crippen LogP contribution in [0.1, 0.15) is 25.7 Å². The Morgan fingerprint density at radius 1 is 1.04 bits per heavy atom. The quantitative estimate of drug-likeness (QED) is 0.792. The minimum Gasteiger partial charge on any atom is -0.491 e. The molecule has 2 rings (SSSR count). The smallest absolute Gasteiger partial charge is 0.411 e. The average molecular weight is 334 g/mol. The molecule has 1 aliphatic rings. The molecule has 0 heterocycles. The van der Waals surface area contributed by atoms with Crippen LogP contribution < -0.4 is 9.47 Å². The van der Waals surface area contributed by atoms with Crippen LogP contribution >= 0.6 is 0 Å². The van der Waals surface area contributed by atoms with E-state index in [1.165, 1.54) is 12.8 Å². The van der Waals surface area contributed by atoms with Gasteiger partial charge < -0.3 is 19.3 Å². The van der Waals surface area contributed by atoms with Gasteiger partial charge in [0.25, 0.3) is 0 Å². The van der Waals surface area contributed by atoms with E-state index in [4.69, 9.17) is 9.47 Å². The molecule has 0 bridgehead atoms. The number of ether oxygens (including phenoxy) is 3. The molecule has 1 aliphatic carbocycles. The summed E-state index contributed by atoms with van der Waals surface area (Å²) in [5, 5.41) is 9.51. The lowest BCUT2D eigenvalue weighted by atomic mass is 10.3. The van der Waals surface area contributed by atoms with Crippen molar-refractivity contribution in [2.45, 2.75) is 44.1 Å². The number of benzene rings is 1. The fourth-order valence-electron chi connectivity index (χ4n) is 2.36. The normalized spacial score (nSPS) is 17.2. The van der Waals surface area contributed by atoms with Gasteiger partial charge >= 0.3 is 6.18 Å². The van der Waals surface area contributed by atoms with Gasteiger partial charge in [-0.3, -0.25) is 0 Å². The lowest BCUT2D eigenvalue weighted by Gasteiger charge is -2.15. The monoisotopic (exact) mass is 334 g/mol. The molecule has 1 N–H and O–H groups in total. The first-order valence-corrected chi connectivity index (χ1v) is 7.64. The van der Waals surface area contributed by atoms with Gasteiger partial charge in [0.2, 0.25) is 0 Å². The maximum absolute atomic E-state index is 11.9. The Labute approximate surface area is 133 Å². The second-order valence-corrected chi connectivity index (χ2v) is 5.59. The summed E-state index contributed by atoms with van der Waals surface area (Å²) in [4.78, 5) is 0. The third-order valence-corrected chi connectivity index (χ3v) is 3.45. The highest BCUT2D eigenvalue weighted by atomic mass is 19.4. The van der Waals surface area contributed by atoms with Crippen LogP contribution in [0.5, 0.6) is 11.5 Å². The second-order valence-electron chi connectivity index (χ2n) is 5.59. The first kappa shape index (κ1) is 17.9. The van der Waals surface area contributed by atoms with Crippen LogP contribution in [0.15, 0.2) is 24.3 Å². The van der Waals surface area contributed by atoms with Crippen LogP contribution in [0.3, 0.4) is 0 Å². The van der Waals surface area contributed by atoms with E-state index >= 15 is 0 Å². The minimum absolute atomic E-state index is 0.138. The topological polar surface area (TPSA) is 47.9 Å². The maximum Gasteiger partial charge on any atom is 0.411 e. The number of halogens is 3. The van der Waals surface area contributed by atoms with Crippen molar-refractivity contribution in [2.75, 3.05) is 19.8 Å². The summed E-state index contributed by atoms with van der Waals surface area (Å²) in [7, 11) is 0. The van der Waals surface area contributed by atoms with Crippen molar-refractivity contribution in [3.05, 3.63) is 24.3 Å². The van der Waals surface area contributed by atoms with Crippen LogP contribution in [0, 0.1) is 0 Å². The molecular formula is C16H21F3O4. The Morgan fingerprint density at radius 2 is 1.65 bits per heavy atom. The molecule has 0 aromatic heterocycles. The summed E-state index contributed by atoms with van der Waals surface area (Å²) in [5.41, 5.74) is 0. The third-order valence-electron chi connectivity index (χ3n) is 3.45. The first-order chi connectivity index (χ1) is 10.9. The predicted octanol–water partition coefficient (Wildman–Crippen LogP) is 3.33. The van der Waals surface area contributed by atoms with Gasteiger partial charge in [0.15, 0.2) is 0 Å². The Balaban J connectivity index is 1.66. The second kappa shape index (κ2) is 8.40. The Morgan fingerprint density at radius 3 is 2.26 bits per heavy atom. The molecule has 1 unspecified atom stereocenters. The molecule has 1 aromatic rings. The molecule has 4 nitrogen and oxygen atoms in total. The van der Waals surface area contributed by atoms with E-state index in [-0.39, 0.29) is 12.7 Å². The fourth-order valence-corrected chi connectivity index (χ4v) is 2.36. The van der Waals surface area contributed by atoms with Crippen molar-refractivity contribution in [1.82, 2.24) is 0 Å². The molecule has 130 valence electrons. The van der Waals surface area contributed by atoms with E-state index in [1.807, 2.05) is 0 Å². The van der Waals surface area contributed by atoms with E-state index in [0.717, 1.165) is 18.6 Å². The summed E-state index contributed by atoms with van der Waals surface area (Å²) >= 11 is 0. The molecule has 7 heteroatoms. The molecule has 0 spiro atoms. The van der Waals surface area contributed by atoms with Crippen LogP contribution in [0.2, 0.25) is 0 Å². The van der Waals surface area contributed by atoms with E-state index in [0.29, 0.717) is 5.75 Å². The molecule has 23 heavy (non-hydrogen) atoms. The highest BCUT2D eigenvalue weighted by Gasteiger charge is 2.27. The van der Waals surface area contributed by atoms with Gasteiger partial charge in [0.1, 0.15) is 30.8 Å². The molecule has 0 radical (unpaired) electrons. The largest absolute Gasteiger partial charge is 0.491 e. The molecule has 0 amide bonds. The highest BCUT2D eigenvalue weighted by Crippen LogP contribution is 2.25. The lowest BCUT2D eigenvalue weighted by Crippen LogP contribution is -2.27. The van der Waals surface area contributed by atoms with Crippen LogP contribution in [-0.4, -0.2) is 43.3 Å². The van der Waals surface area contributed by atoms with E-state index in [1.54, 1.807) is 24.3 Å². The van der Waals surface area contributed by atoms with Crippen molar-refractivity contribution in [1.29, 1.82) is 0 Å². The highest BCUT2D eigenvalue weighted by molar-refractivity contribution is 5.31. The van der Waals surface area contributed by atoms with Gasteiger partial charge in [0.05, 0.1) is 12.7 Å². The number of hydrogen-bond acceptors (Lipinski definition) is 4. The minimum atomic E-state index is -4.39. The lowest BCUT2D eigenvalue weighted by molar-refractivity contribution is -0.179. The van der Waals surface area contributed by atoms with Crippen molar-refractivity contribution < 1.29 is 32.5 Å². The van der Waals surface area contributed by atoms with Crippen molar-refractivity contribution >= 4 is 0 Å². The van der Waals surface area contributed by atoms with Gasteiger partial charge in [-0.05, 0) is 49.9 Å². The van der Waals surface area contributed by atoms with Gasteiger partial charge in [0, 0.05) is 0 Å². The predicted molar refractivity (Wildman–Crippen MR) is 77.7 cm³/mol. The van der Waals surface area contributed by atoms with Crippen molar-refractivity contribution in [3.63, 3.8) is 0 Å². The fraction of sp³-hybridized carbons (Fsp3) is 0.625. The molecular weight excluding hydrogens is 313 g/mol. The first-order valence-electron chi connectivity index (χ1n) is 7.64. The standard InChI is InChI=1S/C16H21F3O4/c17-16(18,19)11-21-9-12(20)10-22-13-5-7-15(8-6-13)23-14-3-1-2-4-14/h5-8,12,14,20H,1-4,9-11H2. The van der Waals surface area contributed by atoms with Gasteiger partial charge in [-0.25, -0.2) is 0 Å². The number of aliphatic hydroxyl groups excluding tert-OH is 1. The van der Waals surface area contributed by atoms with Gasteiger partial charge in [-0.15, -0.1) is 0 Å². The molecule has 1 saturated carbocycles. The van der Waals surface area contributed by atoms with E-state index < -0.39 is 25.5 Å². The molecule has 0 saturated heterocycles. The Kier molecular flexibility index (Phi) is 6.53. The molecule has 1 aromatic carbocycles. The van der Waals surface area contributed by atoms with Crippen LogP contribution in [0.4, 0.5) is 13.2 Å². The number of hydrogen-bond donors (Lipinski definition) is 1. The summed E-state index contributed by atoms with van der Waals surface area (Å²) in [6.07, 6.45) is -0.707. The third kappa shape index (κ3) is 7.09. The SMILES string of the molecule is OC(COCC(F)(F)F)COc1ccc(OC2CCCC2)cc1. The van der Waals surface area contributed by atoms with Crippen LogP contribution in [-0.2, 0) is 4.74 Å². The zero-order valence-corrected chi connectivity index (χ0v) is 12.7. The van der Waals surface area contributed by atoms with E-state index in [2.05, 4.69) is 4.74 Å². The molecule has 0 aliphatic heterocycles. The van der Waals surface area contributed by atoms with Crippen LogP contribution in [0.25, 0.3) is 0 Å². The summed E-state index contributed by atoms with van der Waals surface area (Å²) in [6, 6.07) is 6.96. The summed E-state index contributed by atoms with van der Waals surface area (Å²) in [6.45, 7) is -1.94.